The molecule has 0 aliphatic heterocycles. The van der Waals surface area contributed by atoms with Gasteiger partial charge in [-0.3, -0.25) is 9.97 Å². The van der Waals surface area contributed by atoms with Crippen molar-refractivity contribution >= 4 is 10.0 Å². The molecule has 1 heterocycles. The molecular weight excluding hydrogens is 254 g/mol. The number of hydrogen-bond donors (Lipinski definition) is 1. The molecule has 0 spiro atoms. The number of hydrogen-bond acceptors (Lipinski definition) is 5. The Labute approximate surface area is 108 Å². The summed E-state index contributed by atoms with van der Waals surface area (Å²) in [5.41, 5.74) is 1.22. The molecule has 0 fully saturated rings. The van der Waals surface area contributed by atoms with E-state index in [2.05, 4.69) is 9.97 Å². The van der Waals surface area contributed by atoms with E-state index in [9.17, 15) is 8.42 Å². The van der Waals surface area contributed by atoms with Gasteiger partial charge in [0, 0.05) is 6.20 Å². The van der Waals surface area contributed by atoms with Gasteiger partial charge >= 0.3 is 0 Å². The lowest BCUT2D eigenvalue weighted by Gasteiger charge is -2.24. The number of ether oxygens (including phenoxy) is 1. The van der Waals surface area contributed by atoms with E-state index in [0.717, 1.165) is 5.69 Å². The molecule has 0 bridgehead atoms. The molecule has 0 aliphatic rings. The smallest absolute Gasteiger partial charge is 0.214 e. The van der Waals surface area contributed by atoms with Crippen molar-refractivity contribution in [2.45, 2.75) is 45.2 Å². The number of aromatic nitrogens is 2. The van der Waals surface area contributed by atoms with Gasteiger partial charge in [-0.15, -0.1) is 0 Å². The summed E-state index contributed by atoms with van der Waals surface area (Å²) in [7, 11) is -3.70. The lowest BCUT2D eigenvalue weighted by atomic mass is 10.2. The van der Waals surface area contributed by atoms with Gasteiger partial charge in [0.25, 0.3) is 0 Å². The number of nitrogens with zero attached hydrogens (tertiary/aromatic N) is 2. The maximum atomic E-state index is 11.4. The van der Waals surface area contributed by atoms with Crippen LogP contribution in [-0.2, 0) is 14.8 Å². The molecule has 0 saturated heterocycles. The molecule has 7 heteroatoms. The van der Waals surface area contributed by atoms with Gasteiger partial charge in [0.2, 0.25) is 10.0 Å². The Bertz CT molecular complexity index is 485. The third-order valence-electron chi connectivity index (χ3n) is 2.46. The number of nitrogens with two attached hydrogens (primary N) is 1. The molecule has 0 radical (unpaired) electrons. The van der Waals surface area contributed by atoms with Crippen LogP contribution in [0.4, 0.5) is 0 Å². The second-order valence-electron chi connectivity index (χ2n) is 4.48. The molecule has 6 nitrogen and oxygen atoms in total. The van der Waals surface area contributed by atoms with E-state index < -0.39 is 21.4 Å². The Hall–Kier alpha value is -1.05. The van der Waals surface area contributed by atoms with Gasteiger partial charge in [0.05, 0.1) is 23.7 Å². The fraction of sp³-hybridized carbons (Fsp3) is 0.636. The Kier molecular flexibility index (Phi) is 4.78. The molecular formula is C11H19N3O3S. The lowest BCUT2D eigenvalue weighted by Crippen LogP contribution is -2.34. The van der Waals surface area contributed by atoms with Crippen LogP contribution in [0, 0.1) is 6.92 Å². The van der Waals surface area contributed by atoms with Crippen molar-refractivity contribution in [3.63, 3.8) is 0 Å². The third-order valence-corrected chi connectivity index (χ3v) is 3.74. The van der Waals surface area contributed by atoms with E-state index >= 15 is 0 Å². The largest absolute Gasteiger partial charge is 0.368 e. The van der Waals surface area contributed by atoms with Crippen molar-refractivity contribution < 1.29 is 13.2 Å². The van der Waals surface area contributed by atoms with Crippen LogP contribution in [0.25, 0.3) is 0 Å². The van der Waals surface area contributed by atoms with Crippen molar-refractivity contribution in [3.8, 4) is 0 Å². The summed E-state index contributed by atoms with van der Waals surface area (Å²) in [5.74, 6) is 0. The summed E-state index contributed by atoms with van der Waals surface area (Å²) in [6.45, 7) is 6.96. The Morgan fingerprint density at radius 2 is 1.83 bits per heavy atom. The minimum Gasteiger partial charge on any atom is -0.368 e. The van der Waals surface area contributed by atoms with Crippen molar-refractivity contribution in [3.05, 3.63) is 23.8 Å². The number of aryl methyl sites for hydroxylation is 1. The first-order valence-corrected chi connectivity index (χ1v) is 7.28. The van der Waals surface area contributed by atoms with Gasteiger partial charge in [-0.05, 0) is 27.7 Å². The second kappa shape index (κ2) is 5.73. The molecule has 0 saturated carbocycles. The van der Waals surface area contributed by atoms with Crippen LogP contribution >= 0.6 is 0 Å². The topological polar surface area (TPSA) is 95.2 Å². The summed E-state index contributed by atoms with van der Waals surface area (Å²) >= 11 is 0. The quantitative estimate of drug-likeness (QED) is 0.861. The highest BCUT2D eigenvalue weighted by atomic mass is 32.2. The fourth-order valence-corrected chi connectivity index (χ4v) is 1.98. The van der Waals surface area contributed by atoms with Crippen LogP contribution in [0.5, 0.6) is 0 Å². The molecule has 0 aliphatic carbocycles. The highest BCUT2D eigenvalue weighted by Gasteiger charge is 2.30. The predicted octanol–water partition coefficient (Wildman–Crippen LogP) is 0.928. The van der Waals surface area contributed by atoms with Crippen molar-refractivity contribution in [2.24, 2.45) is 5.14 Å². The van der Waals surface area contributed by atoms with Crippen LogP contribution in [0.1, 0.15) is 38.3 Å². The van der Waals surface area contributed by atoms with Crippen LogP contribution < -0.4 is 5.14 Å². The Morgan fingerprint density at radius 1 is 1.22 bits per heavy atom. The molecule has 1 aromatic heterocycles. The normalized spacial score (nSPS) is 15.7. The predicted molar refractivity (Wildman–Crippen MR) is 68.3 cm³/mol. The Balaban J connectivity index is 3.09. The summed E-state index contributed by atoms with van der Waals surface area (Å²) < 4.78 is 28.5. The Morgan fingerprint density at radius 3 is 2.22 bits per heavy atom. The maximum Gasteiger partial charge on any atom is 0.214 e. The minimum absolute atomic E-state index is 0.137. The number of sulfonamides is 1. The van der Waals surface area contributed by atoms with Gasteiger partial charge in [-0.25, -0.2) is 13.6 Å². The molecule has 2 unspecified atom stereocenters. The third kappa shape index (κ3) is 4.01. The molecule has 0 aromatic carbocycles. The zero-order valence-corrected chi connectivity index (χ0v) is 11.8. The van der Waals surface area contributed by atoms with Crippen LogP contribution in [0.15, 0.2) is 12.4 Å². The van der Waals surface area contributed by atoms with E-state index in [0.29, 0.717) is 5.69 Å². The van der Waals surface area contributed by atoms with E-state index in [-0.39, 0.29) is 6.10 Å². The van der Waals surface area contributed by atoms with Gasteiger partial charge < -0.3 is 4.74 Å². The SMILES string of the molecule is Cc1cnc(C(OC(C)C)C(C)S(N)(=O)=O)cn1. The van der Waals surface area contributed by atoms with Gasteiger partial charge in [0.15, 0.2) is 0 Å². The highest BCUT2D eigenvalue weighted by Crippen LogP contribution is 2.24. The summed E-state index contributed by atoms with van der Waals surface area (Å²) in [5, 5.41) is 4.29. The van der Waals surface area contributed by atoms with E-state index in [4.69, 9.17) is 9.88 Å². The monoisotopic (exact) mass is 273 g/mol. The summed E-state index contributed by atoms with van der Waals surface area (Å²) in [4.78, 5) is 8.25. The summed E-state index contributed by atoms with van der Waals surface area (Å²) in [6.07, 6.45) is 2.24. The molecule has 0 amide bonds. The van der Waals surface area contributed by atoms with Gasteiger partial charge in [-0.2, -0.15) is 0 Å². The van der Waals surface area contributed by atoms with Gasteiger partial charge in [0.1, 0.15) is 11.4 Å². The molecule has 2 N–H and O–H groups in total. The molecule has 1 rings (SSSR count). The molecule has 2 atom stereocenters. The first-order chi connectivity index (χ1) is 8.21. The van der Waals surface area contributed by atoms with Crippen molar-refractivity contribution in [2.75, 3.05) is 0 Å². The van der Waals surface area contributed by atoms with E-state index in [1.165, 1.54) is 13.1 Å². The van der Waals surface area contributed by atoms with Gasteiger partial charge in [-0.1, -0.05) is 0 Å². The van der Waals surface area contributed by atoms with Crippen molar-refractivity contribution in [1.29, 1.82) is 0 Å². The minimum atomic E-state index is -3.70. The van der Waals surface area contributed by atoms with Crippen LogP contribution in [-0.4, -0.2) is 29.7 Å². The summed E-state index contributed by atoms with van der Waals surface area (Å²) in [6, 6.07) is 0. The van der Waals surface area contributed by atoms with E-state index in [1.807, 2.05) is 13.8 Å². The van der Waals surface area contributed by atoms with Crippen LogP contribution in [0.3, 0.4) is 0 Å². The number of primary sulfonamides is 1. The maximum absolute atomic E-state index is 11.4. The highest BCUT2D eigenvalue weighted by molar-refractivity contribution is 7.89. The average molecular weight is 273 g/mol. The zero-order valence-electron chi connectivity index (χ0n) is 11.0. The average Bonchev–Trinajstić information content (AvgIpc) is 2.25. The first kappa shape index (κ1) is 15.0. The molecule has 18 heavy (non-hydrogen) atoms. The molecule has 1 aromatic rings. The lowest BCUT2D eigenvalue weighted by molar-refractivity contribution is 0.00386. The fourth-order valence-electron chi connectivity index (χ4n) is 1.44. The standard InChI is InChI=1S/C11H19N3O3S/c1-7(2)17-11(9(4)18(12,15)16)10-6-13-8(3)5-14-10/h5-7,9,11H,1-4H3,(H2,12,15,16). The second-order valence-corrected chi connectivity index (χ2v) is 6.40. The zero-order chi connectivity index (χ0) is 13.9. The van der Waals surface area contributed by atoms with Crippen LogP contribution in [0.2, 0.25) is 0 Å². The van der Waals surface area contributed by atoms with E-state index in [1.54, 1.807) is 13.1 Å². The molecule has 102 valence electrons. The number of rotatable bonds is 5. The van der Waals surface area contributed by atoms with Crippen molar-refractivity contribution in [1.82, 2.24) is 9.97 Å². The first-order valence-electron chi connectivity index (χ1n) is 5.67.